The molecular formula is C11H16O. The lowest BCUT2D eigenvalue weighted by Crippen LogP contribution is -2.29. The Labute approximate surface area is 73.5 Å². The molecular weight excluding hydrogens is 148 g/mol. The van der Waals surface area contributed by atoms with Gasteiger partial charge in [0.25, 0.3) is 0 Å². The fourth-order valence-corrected chi connectivity index (χ4v) is 4.39. The average Bonchev–Trinajstić information content (AvgIpc) is 2.57. The second-order valence-electron chi connectivity index (χ2n) is 5.35. The molecule has 0 spiro atoms. The van der Waals surface area contributed by atoms with E-state index in [1.165, 1.54) is 12.8 Å². The van der Waals surface area contributed by atoms with Gasteiger partial charge in [0.1, 0.15) is 0 Å². The van der Waals surface area contributed by atoms with Crippen LogP contribution in [0.1, 0.15) is 32.1 Å². The molecule has 3 aliphatic carbocycles. The van der Waals surface area contributed by atoms with Crippen molar-refractivity contribution in [3.05, 3.63) is 0 Å². The molecule has 4 aliphatic rings. The molecule has 2 bridgehead atoms. The van der Waals surface area contributed by atoms with Gasteiger partial charge in [-0.15, -0.1) is 0 Å². The van der Waals surface area contributed by atoms with Gasteiger partial charge in [-0.25, -0.2) is 0 Å². The molecule has 1 nitrogen and oxygen atoms in total. The summed E-state index contributed by atoms with van der Waals surface area (Å²) in [6.45, 7) is 0. The zero-order valence-corrected chi connectivity index (χ0v) is 7.41. The van der Waals surface area contributed by atoms with Crippen LogP contribution in [0.25, 0.3) is 0 Å². The number of epoxide rings is 1. The Morgan fingerprint density at radius 1 is 0.750 bits per heavy atom. The van der Waals surface area contributed by atoms with Crippen molar-refractivity contribution >= 4 is 0 Å². The van der Waals surface area contributed by atoms with Gasteiger partial charge in [-0.3, -0.25) is 0 Å². The van der Waals surface area contributed by atoms with Crippen molar-refractivity contribution < 1.29 is 4.74 Å². The highest BCUT2D eigenvalue weighted by atomic mass is 16.6. The highest BCUT2D eigenvalue weighted by molar-refractivity contribution is 5.05. The third-order valence-corrected chi connectivity index (χ3v) is 4.97. The molecule has 6 unspecified atom stereocenters. The van der Waals surface area contributed by atoms with Crippen LogP contribution in [0.4, 0.5) is 0 Å². The van der Waals surface area contributed by atoms with Gasteiger partial charge in [0.2, 0.25) is 0 Å². The summed E-state index contributed by atoms with van der Waals surface area (Å²) < 4.78 is 5.64. The quantitative estimate of drug-likeness (QED) is 0.500. The third kappa shape index (κ3) is 0.654. The van der Waals surface area contributed by atoms with Gasteiger partial charge in [-0.1, -0.05) is 0 Å². The molecule has 4 fully saturated rings. The first-order chi connectivity index (χ1) is 5.92. The van der Waals surface area contributed by atoms with E-state index in [9.17, 15) is 0 Å². The summed E-state index contributed by atoms with van der Waals surface area (Å²) in [6, 6.07) is 0. The van der Waals surface area contributed by atoms with Crippen LogP contribution >= 0.6 is 0 Å². The SMILES string of the molecule is C1CC2CC1C1CC3OC3CC21. The lowest BCUT2D eigenvalue weighted by Gasteiger charge is -2.32. The molecule has 0 aromatic heterocycles. The topological polar surface area (TPSA) is 12.5 Å². The first kappa shape index (κ1) is 6.42. The second kappa shape index (κ2) is 1.89. The van der Waals surface area contributed by atoms with Gasteiger partial charge in [0.15, 0.2) is 0 Å². The summed E-state index contributed by atoms with van der Waals surface area (Å²) >= 11 is 0. The van der Waals surface area contributed by atoms with Crippen LogP contribution in [0.3, 0.4) is 0 Å². The highest BCUT2D eigenvalue weighted by Gasteiger charge is 2.57. The molecule has 12 heavy (non-hydrogen) atoms. The van der Waals surface area contributed by atoms with E-state index in [1.807, 2.05) is 0 Å². The molecule has 1 saturated heterocycles. The minimum absolute atomic E-state index is 0.714. The van der Waals surface area contributed by atoms with E-state index in [0.29, 0.717) is 12.2 Å². The van der Waals surface area contributed by atoms with Crippen LogP contribution in [0.5, 0.6) is 0 Å². The smallest absolute Gasteiger partial charge is 0.0844 e. The van der Waals surface area contributed by atoms with Gasteiger partial charge in [-0.05, 0) is 55.8 Å². The fourth-order valence-electron chi connectivity index (χ4n) is 4.39. The zero-order chi connectivity index (χ0) is 7.71. The van der Waals surface area contributed by atoms with Crippen molar-refractivity contribution in [1.29, 1.82) is 0 Å². The summed E-state index contributed by atoms with van der Waals surface area (Å²) in [4.78, 5) is 0. The molecule has 66 valence electrons. The minimum atomic E-state index is 0.714. The largest absolute Gasteiger partial charge is 0.370 e. The Hall–Kier alpha value is -0.0400. The number of fused-ring (bicyclic) bond motifs is 6. The zero-order valence-electron chi connectivity index (χ0n) is 7.41. The van der Waals surface area contributed by atoms with E-state index in [1.54, 1.807) is 19.3 Å². The van der Waals surface area contributed by atoms with E-state index in [2.05, 4.69) is 0 Å². The van der Waals surface area contributed by atoms with Crippen LogP contribution in [-0.2, 0) is 4.74 Å². The fraction of sp³-hybridized carbons (Fsp3) is 1.00. The highest BCUT2D eigenvalue weighted by Crippen LogP contribution is 2.60. The lowest BCUT2D eigenvalue weighted by atomic mass is 9.71. The van der Waals surface area contributed by atoms with Crippen LogP contribution in [0.2, 0.25) is 0 Å². The van der Waals surface area contributed by atoms with Crippen LogP contribution in [-0.4, -0.2) is 12.2 Å². The van der Waals surface area contributed by atoms with Crippen molar-refractivity contribution in [2.75, 3.05) is 0 Å². The van der Waals surface area contributed by atoms with E-state index in [4.69, 9.17) is 4.74 Å². The van der Waals surface area contributed by atoms with Gasteiger partial charge >= 0.3 is 0 Å². The van der Waals surface area contributed by atoms with Gasteiger partial charge in [0.05, 0.1) is 12.2 Å². The molecule has 0 aromatic carbocycles. The van der Waals surface area contributed by atoms with E-state index < -0.39 is 0 Å². The number of ether oxygens (including phenoxy) is 1. The van der Waals surface area contributed by atoms with Crippen LogP contribution in [0.15, 0.2) is 0 Å². The Balaban J connectivity index is 1.67. The normalized spacial score (nSPS) is 66.0. The monoisotopic (exact) mass is 164 g/mol. The van der Waals surface area contributed by atoms with Crippen molar-refractivity contribution in [2.45, 2.75) is 44.3 Å². The van der Waals surface area contributed by atoms with E-state index in [-0.39, 0.29) is 0 Å². The van der Waals surface area contributed by atoms with E-state index in [0.717, 1.165) is 23.7 Å². The van der Waals surface area contributed by atoms with Crippen molar-refractivity contribution in [1.82, 2.24) is 0 Å². The molecule has 0 aromatic rings. The third-order valence-electron chi connectivity index (χ3n) is 4.97. The summed E-state index contributed by atoms with van der Waals surface area (Å²) in [7, 11) is 0. The number of hydrogen-bond acceptors (Lipinski definition) is 1. The Morgan fingerprint density at radius 3 is 1.92 bits per heavy atom. The standard InChI is InChI=1S/C11H16O/c1-2-7-3-6(1)8-4-10-11(12-10)5-9(7)8/h6-11H,1-5H2. The summed E-state index contributed by atoms with van der Waals surface area (Å²) in [5, 5.41) is 0. The van der Waals surface area contributed by atoms with Crippen LogP contribution < -0.4 is 0 Å². The maximum absolute atomic E-state index is 5.64. The molecule has 0 radical (unpaired) electrons. The maximum Gasteiger partial charge on any atom is 0.0844 e. The number of hydrogen-bond donors (Lipinski definition) is 0. The molecule has 1 heterocycles. The average molecular weight is 164 g/mol. The molecule has 3 saturated carbocycles. The molecule has 1 aliphatic heterocycles. The lowest BCUT2D eigenvalue weighted by molar-refractivity contribution is 0.176. The molecule has 6 atom stereocenters. The summed E-state index contributed by atoms with van der Waals surface area (Å²) in [5.74, 6) is 4.41. The summed E-state index contributed by atoms with van der Waals surface area (Å²) in [6.07, 6.45) is 8.95. The van der Waals surface area contributed by atoms with Gasteiger partial charge in [0, 0.05) is 0 Å². The number of rotatable bonds is 0. The van der Waals surface area contributed by atoms with E-state index >= 15 is 0 Å². The Bertz CT molecular complexity index is 203. The molecule has 1 heteroatoms. The Morgan fingerprint density at radius 2 is 1.33 bits per heavy atom. The Kier molecular flexibility index (Phi) is 1.01. The molecule has 4 rings (SSSR count). The summed E-state index contributed by atoms with van der Waals surface area (Å²) in [5.41, 5.74) is 0. The predicted octanol–water partition coefficient (Wildman–Crippen LogP) is 2.21. The van der Waals surface area contributed by atoms with Gasteiger partial charge in [-0.2, -0.15) is 0 Å². The van der Waals surface area contributed by atoms with Gasteiger partial charge < -0.3 is 4.74 Å². The molecule has 0 amide bonds. The van der Waals surface area contributed by atoms with Crippen molar-refractivity contribution in [3.8, 4) is 0 Å². The van der Waals surface area contributed by atoms with Crippen LogP contribution in [0, 0.1) is 23.7 Å². The first-order valence-corrected chi connectivity index (χ1v) is 5.57. The molecule has 0 N–H and O–H groups in total. The van der Waals surface area contributed by atoms with Crippen molar-refractivity contribution in [2.24, 2.45) is 23.7 Å². The van der Waals surface area contributed by atoms with Crippen molar-refractivity contribution in [3.63, 3.8) is 0 Å². The second-order valence-corrected chi connectivity index (χ2v) is 5.35. The predicted molar refractivity (Wildman–Crippen MR) is 45.7 cm³/mol. The first-order valence-electron chi connectivity index (χ1n) is 5.57. The maximum atomic E-state index is 5.64. The minimum Gasteiger partial charge on any atom is -0.370 e.